The van der Waals surface area contributed by atoms with Crippen LogP contribution in [0.4, 0.5) is 20.3 Å². The second-order valence-electron chi connectivity index (χ2n) is 6.50. The Labute approximate surface area is 182 Å². The van der Waals surface area contributed by atoms with Gasteiger partial charge in [-0.15, -0.1) is 0 Å². The molecule has 9 heteroatoms. The van der Waals surface area contributed by atoms with Gasteiger partial charge in [-0.25, -0.2) is 18.7 Å². The molecule has 0 fully saturated rings. The number of rotatable bonds is 10. The highest BCUT2D eigenvalue weighted by atomic mass is 35.5. The van der Waals surface area contributed by atoms with E-state index < -0.39 is 17.4 Å². The average Bonchev–Trinajstić information content (AvgIpc) is 2.74. The predicted octanol–water partition coefficient (Wildman–Crippen LogP) is 5.18. The van der Waals surface area contributed by atoms with E-state index in [0.29, 0.717) is 46.9 Å². The van der Waals surface area contributed by atoms with E-state index in [1.54, 1.807) is 12.1 Å². The van der Waals surface area contributed by atoms with Gasteiger partial charge in [0.15, 0.2) is 11.6 Å². The zero-order chi connectivity index (χ0) is 22.4. The van der Waals surface area contributed by atoms with Crippen LogP contribution in [0.2, 0.25) is 5.02 Å². The van der Waals surface area contributed by atoms with Gasteiger partial charge in [0.05, 0.1) is 17.1 Å². The van der Waals surface area contributed by atoms with Crippen LogP contribution in [0.3, 0.4) is 0 Å². The SMILES string of the molecule is C=C(F)C(=O)Cc1cc2c(Nc3ccc(F)c(Cl)c3)ncnc2cc1OCCOCC. The first kappa shape index (κ1) is 22.6. The van der Waals surface area contributed by atoms with Gasteiger partial charge in [-0.1, -0.05) is 18.2 Å². The highest BCUT2D eigenvalue weighted by molar-refractivity contribution is 6.31. The molecule has 0 saturated carbocycles. The molecule has 0 amide bonds. The van der Waals surface area contributed by atoms with Crippen LogP contribution in [-0.4, -0.2) is 35.6 Å². The van der Waals surface area contributed by atoms with Crippen LogP contribution in [0.1, 0.15) is 12.5 Å². The molecule has 0 saturated heterocycles. The number of nitrogens with zero attached hydrogens (tertiary/aromatic N) is 2. The van der Waals surface area contributed by atoms with E-state index in [1.807, 2.05) is 6.92 Å². The molecule has 3 rings (SSSR count). The first-order valence-electron chi connectivity index (χ1n) is 9.47. The summed E-state index contributed by atoms with van der Waals surface area (Å²) in [5.41, 5.74) is 1.49. The number of fused-ring (bicyclic) bond motifs is 1. The molecule has 1 heterocycles. The molecule has 0 spiro atoms. The summed E-state index contributed by atoms with van der Waals surface area (Å²) in [4.78, 5) is 20.5. The lowest BCUT2D eigenvalue weighted by Gasteiger charge is -2.14. The molecule has 6 nitrogen and oxygen atoms in total. The number of halogens is 3. The maximum absolute atomic E-state index is 13.4. The van der Waals surface area contributed by atoms with Crippen LogP contribution in [0.25, 0.3) is 10.9 Å². The Bertz CT molecular complexity index is 1120. The number of aromatic nitrogens is 2. The minimum absolute atomic E-state index is 0.0407. The summed E-state index contributed by atoms with van der Waals surface area (Å²) in [6.45, 7) is 6.09. The van der Waals surface area contributed by atoms with E-state index in [0.717, 1.165) is 0 Å². The molecule has 0 bridgehead atoms. The van der Waals surface area contributed by atoms with E-state index in [2.05, 4.69) is 21.9 Å². The van der Waals surface area contributed by atoms with Crippen molar-refractivity contribution in [2.45, 2.75) is 13.3 Å². The molecular weight excluding hydrogens is 428 g/mol. The normalized spacial score (nSPS) is 10.8. The third kappa shape index (κ3) is 5.74. The van der Waals surface area contributed by atoms with Crippen molar-refractivity contribution in [1.29, 1.82) is 0 Å². The van der Waals surface area contributed by atoms with E-state index in [1.165, 1.54) is 24.5 Å². The second kappa shape index (κ2) is 10.3. The molecule has 1 N–H and O–H groups in total. The number of Topliss-reactive ketones (excluding diaryl/α,β-unsaturated/α-hetero) is 1. The maximum Gasteiger partial charge on any atom is 0.195 e. The van der Waals surface area contributed by atoms with Crippen molar-refractivity contribution in [3.8, 4) is 5.75 Å². The number of anilines is 2. The zero-order valence-corrected chi connectivity index (χ0v) is 17.5. The molecule has 0 aliphatic heterocycles. The van der Waals surface area contributed by atoms with Crippen LogP contribution >= 0.6 is 11.6 Å². The van der Waals surface area contributed by atoms with Crippen molar-refractivity contribution < 1.29 is 23.0 Å². The predicted molar refractivity (Wildman–Crippen MR) is 115 cm³/mol. The molecule has 1 aromatic heterocycles. The summed E-state index contributed by atoms with van der Waals surface area (Å²) < 4.78 is 37.8. The smallest absolute Gasteiger partial charge is 0.195 e. The summed E-state index contributed by atoms with van der Waals surface area (Å²) in [6, 6.07) is 7.47. The molecule has 0 atom stereocenters. The first-order chi connectivity index (χ1) is 14.9. The summed E-state index contributed by atoms with van der Waals surface area (Å²) in [5.74, 6) is -1.55. The van der Waals surface area contributed by atoms with Crippen molar-refractivity contribution in [3.63, 3.8) is 0 Å². The lowest BCUT2D eigenvalue weighted by Crippen LogP contribution is -2.10. The molecule has 0 aliphatic carbocycles. The van der Waals surface area contributed by atoms with E-state index >= 15 is 0 Å². The number of carbonyl (C=O) groups is 1. The number of hydrogen-bond donors (Lipinski definition) is 1. The highest BCUT2D eigenvalue weighted by Crippen LogP contribution is 2.31. The van der Waals surface area contributed by atoms with Crippen molar-refractivity contribution in [3.05, 3.63) is 65.5 Å². The fourth-order valence-electron chi connectivity index (χ4n) is 2.84. The highest BCUT2D eigenvalue weighted by Gasteiger charge is 2.16. The van der Waals surface area contributed by atoms with Gasteiger partial charge >= 0.3 is 0 Å². The molecule has 0 radical (unpaired) electrons. The number of ketones is 1. The van der Waals surface area contributed by atoms with Crippen molar-refractivity contribution in [2.24, 2.45) is 0 Å². The van der Waals surface area contributed by atoms with Gasteiger partial charge in [0, 0.05) is 35.7 Å². The Morgan fingerprint density at radius 2 is 2.03 bits per heavy atom. The van der Waals surface area contributed by atoms with Crippen LogP contribution in [-0.2, 0) is 16.0 Å². The second-order valence-corrected chi connectivity index (χ2v) is 6.91. The van der Waals surface area contributed by atoms with E-state index in [-0.39, 0.29) is 18.1 Å². The van der Waals surface area contributed by atoms with Gasteiger partial charge in [0.1, 0.15) is 30.3 Å². The van der Waals surface area contributed by atoms with Gasteiger partial charge in [-0.3, -0.25) is 4.79 Å². The van der Waals surface area contributed by atoms with E-state index in [9.17, 15) is 13.6 Å². The largest absolute Gasteiger partial charge is 0.491 e. The summed E-state index contributed by atoms with van der Waals surface area (Å²) in [6.07, 6.45) is 1.11. The number of ether oxygens (including phenoxy) is 2. The van der Waals surface area contributed by atoms with Crippen molar-refractivity contribution in [1.82, 2.24) is 9.97 Å². The third-order valence-electron chi connectivity index (χ3n) is 4.34. The van der Waals surface area contributed by atoms with Crippen LogP contribution in [0.15, 0.2) is 49.1 Å². The first-order valence-corrected chi connectivity index (χ1v) is 9.84. The molecule has 2 aromatic carbocycles. The summed E-state index contributed by atoms with van der Waals surface area (Å²) in [5, 5.41) is 3.58. The van der Waals surface area contributed by atoms with Gasteiger partial charge in [0.2, 0.25) is 0 Å². The van der Waals surface area contributed by atoms with Crippen LogP contribution in [0.5, 0.6) is 5.75 Å². The van der Waals surface area contributed by atoms with Gasteiger partial charge in [-0.05, 0) is 31.2 Å². The Morgan fingerprint density at radius 3 is 2.74 bits per heavy atom. The molecule has 0 aliphatic rings. The fraction of sp³-hybridized carbons (Fsp3) is 0.227. The molecule has 31 heavy (non-hydrogen) atoms. The minimum Gasteiger partial charge on any atom is -0.491 e. The lowest BCUT2D eigenvalue weighted by molar-refractivity contribution is -0.116. The Balaban J connectivity index is 1.99. The quantitative estimate of drug-likeness (QED) is 0.341. The standard InChI is InChI=1S/C22H20ClF2N3O3/c1-3-30-6-7-31-21-11-19-16(8-14(21)9-20(29)13(2)24)22(27-12-26-19)28-15-4-5-18(25)17(23)10-15/h4-5,8,10-12H,2-3,6-7,9H2,1H3,(H,26,27,28). The van der Waals surface area contributed by atoms with Crippen molar-refractivity contribution in [2.75, 3.05) is 25.1 Å². The molecule has 162 valence electrons. The number of nitrogens with one attached hydrogen (secondary N) is 1. The number of allylic oxidation sites excluding steroid dienone is 1. The molecular formula is C22H20ClF2N3O3. The maximum atomic E-state index is 13.4. The van der Waals surface area contributed by atoms with Gasteiger partial charge < -0.3 is 14.8 Å². The lowest BCUT2D eigenvalue weighted by atomic mass is 10.0. The van der Waals surface area contributed by atoms with Crippen molar-refractivity contribution >= 4 is 39.8 Å². The fourth-order valence-corrected chi connectivity index (χ4v) is 3.02. The topological polar surface area (TPSA) is 73.3 Å². The summed E-state index contributed by atoms with van der Waals surface area (Å²) >= 11 is 5.85. The Morgan fingerprint density at radius 1 is 1.23 bits per heavy atom. The number of benzene rings is 2. The van der Waals surface area contributed by atoms with Gasteiger partial charge in [-0.2, -0.15) is 0 Å². The Hall–Kier alpha value is -3.10. The van der Waals surface area contributed by atoms with Crippen LogP contribution < -0.4 is 10.1 Å². The third-order valence-corrected chi connectivity index (χ3v) is 4.63. The van der Waals surface area contributed by atoms with E-state index in [4.69, 9.17) is 21.1 Å². The van der Waals surface area contributed by atoms with Crippen LogP contribution in [0, 0.1) is 5.82 Å². The number of hydrogen-bond acceptors (Lipinski definition) is 6. The number of carbonyl (C=O) groups excluding carboxylic acids is 1. The zero-order valence-electron chi connectivity index (χ0n) is 16.8. The Kier molecular flexibility index (Phi) is 7.49. The average molecular weight is 448 g/mol. The monoisotopic (exact) mass is 447 g/mol. The molecule has 0 unspecified atom stereocenters. The minimum atomic E-state index is -1.04. The molecule has 3 aromatic rings. The summed E-state index contributed by atoms with van der Waals surface area (Å²) in [7, 11) is 0. The van der Waals surface area contributed by atoms with Gasteiger partial charge in [0.25, 0.3) is 0 Å².